The van der Waals surface area contributed by atoms with Crippen molar-refractivity contribution >= 4 is 5.91 Å². The molecule has 64 valence electrons. The van der Waals surface area contributed by atoms with Crippen LogP contribution in [0, 0.1) is 5.92 Å². The molecule has 4 nitrogen and oxygen atoms in total. The smallest absolute Gasteiger partial charge is 0.234 e. The molecule has 1 amide bonds. The van der Waals surface area contributed by atoms with Crippen LogP contribution in [0.1, 0.15) is 6.42 Å². The van der Waals surface area contributed by atoms with E-state index in [-0.39, 0.29) is 5.91 Å². The summed E-state index contributed by atoms with van der Waals surface area (Å²) in [6.07, 6.45) is 0.644. The van der Waals surface area contributed by atoms with Gasteiger partial charge >= 0.3 is 0 Å². The van der Waals surface area contributed by atoms with E-state index < -0.39 is 0 Å². The molecule has 11 heavy (non-hydrogen) atoms. The molecule has 0 aliphatic carbocycles. The van der Waals surface area contributed by atoms with Gasteiger partial charge in [0.05, 0.1) is 0 Å². The predicted molar refractivity (Wildman–Crippen MR) is 42.8 cm³/mol. The molecule has 0 saturated carbocycles. The van der Waals surface area contributed by atoms with E-state index in [2.05, 4.69) is 10.7 Å². The van der Waals surface area contributed by atoms with Gasteiger partial charge in [-0.25, -0.2) is 5.01 Å². The second-order valence-corrected chi connectivity index (χ2v) is 3.16. The molecule has 0 atom stereocenters. The van der Waals surface area contributed by atoms with Crippen LogP contribution >= 0.6 is 0 Å². The number of carbonyl (C=O) groups is 1. The standard InChI is InChI=1S/C7H15N3O/c1-10(2)9-7(11)3-6-4-8-5-6/h6,8H,3-5H2,1-2H3,(H,9,11). The Labute approximate surface area is 66.9 Å². The van der Waals surface area contributed by atoms with Gasteiger partial charge in [0.25, 0.3) is 0 Å². The zero-order valence-corrected chi connectivity index (χ0v) is 7.05. The third-order valence-electron chi connectivity index (χ3n) is 1.69. The van der Waals surface area contributed by atoms with Crippen molar-refractivity contribution in [3.05, 3.63) is 0 Å². The van der Waals surface area contributed by atoms with Crippen molar-refractivity contribution in [3.8, 4) is 0 Å². The van der Waals surface area contributed by atoms with Gasteiger partial charge in [-0.05, 0) is 19.0 Å². The van der Waals surface area contributed by atoms with Crippen LogP contribution < -0.4 is 10.7 Å². The maximum Gasteiger partial charge on any atom is 0.234 e. The fourth-order valence-corrected chi connectivity index (χ4v) is 1.05. The maximum atomic E-state index is 11.1. The highest BCUT2D eigenvalue weighted by Gasteiger charge is 2.19. The lowest BCUT2D eigenvalue weighted by molar-refractivity contribution is -0.126. The molecule has 0 unspecified atom stereocenters. The third-order valence-corrected chi connectivity index (χ3v) is 1.69. The van der Waals surface area contributed by atoms with Gasteiger partial charge in [-0.3, -0.25) is 10.2 Å². The molecular weight excluding hydrogens is 142 g/mol. The average Bonchev–Trinajstić information content (AvgIpc) is 1.77. The van der Waals surface area contributed by atoms with E-state index in [0.29, 0.717) is 12.3 Å². The van der Waals surface area contributed by atoms with Crippen LogP contribution in [0.2, 0.25) is 0 Å². The molecule has 1 aliphatic heterocycles. The molecule has 1 fully saturated rings. The van der Waals surface area contributed by atoms with Crippen LogP contribution in [0.4, 0.5) is 0 Å². The minimum Gasteiger partial charge on any atom is -0.316 e. The molecule has 1 aliphatic rings. The summed E-state index contributed by atoms with van der Waals surface area (Å²) in [7, 11) is 3.63. The Hall–Kier alpha value is -0.610. The Bertz CT molecular complexity index is 143. The highest BCUT2D eigenvalue weighted by Crippen LogP contribution is 2.07. The van der Waals surface area contributed by atoms with Gasteiger partial charge in [-0.15, -0.1) is 0 Å². The average molecular weight is 157 g/mol. The Morgan fingerprint density at radius 2 is 2.27 bits per heavy atom. The van der Waals surface area contributed by atoms with E-state index in [0.717, 1.165) is 13.1 Å². The SMILES string of the molecule is CN(C)NC(=O)CC1CNC1. The number of hydrazine groups is 1. The van der Waals surface area contributed by atoms with Crippen LogP contribution in [0.5, 0.6) is 0 Å². The highest BCUT2D eigenvalue weighted by atomic mass is 16.2. The summed E-state index contributed by atoms with van der Waals surface area (Å²) in [6, 6.07) is 0. The number of amides is 1. The lowest BCUT2D eigenvalue weighted by atomic mass is 9.99. The first-order valence-corrected chi connectivity index (χ1v) is 3.86. The zero-order chi connectivity index (χ0) is 8.27. The molecule has 1 heterocycles. The molecule has 0 radical (unpaired) electrons. The number of rotatable bonds is 3. The van der Waals surface area contributed by atoms with E-state index in [1.807, 2.05) is 14.1 Å². The van der Waals surface area contributed by atoms with Gasteiger partial charge < -0.3 is 5.32 Å². The first kappa shape index (κ1) is 8.49. The Balaban J connectivity index is 2.09. The first-order chi connectivity index (χ1) is 5.18. The summed E-state index contributed by atoms with van der Waals surface area (Å²) in [5.41, 5.74) is 2.71. The summed E-state index contributed by atoms with van der Waals surface area (Å²) >= 11 is 0. The monoisotopic (exact) mass is 157 g/mol. The number of carbonyl (C=O) groups excluding carboxylic acids is 1. The summed E-state index contributed by atoms with van der Waals surface area (Å²) in [5.74, 6) is 0.663. The van der Waals surface area contributed by atoms with E-state index >= 15 is 0 Å². The third kappa shape index (κ3) is 2.86. The van der Waals surface area contributed by atoms with Crippen LogP contribution in [-0.2, 0) is 4.79 Å². The predicted octanol–water partition coefficient (Wildman–Crippen LogP) is -0.811. The van der Waals surface area contributed by atoms with Crippen molar-refractivity contribution < 1.29 is 4.79 Å². The maximum absolute atomic E-state index is 11.1. The van der Waals surface area contributed by atoms with Gasteiger partial charge in [0, 0.05) is 20.5 Å². The topological polar surface area (TPSA) is 44.4 Å². The van der Waals surface area contributed by atoms with E-state index in [4.69, 9.17) is 0 Å². The molecule has 4 heteroatoms. The van der Waals surface area contributed by atoms with Crippen molar-refractivity contribution in [2.24, 2.45) is 5.92 Å². The minimum atomic E-state index is 0.113. The van der Waals surface area contributed by atoms with Crippen molar-refractivity contribution in [1.82, 2.24) is 15.8 Å². The zero-order valence-electron chi connectivity index (χ0n) is 7.05. The molecular formula is C7H15N3O. The summed E-state index contributed by atoms with van der Waals surface area (Å²) in [6.45, 7) is 1.97. The number of nitrogens with zero attached hydrogens (tertiary/aromatic N) is 1. The van der Waals surface area contributed by atoms with Gasteiger partial charge in [0.15, 0.2) is 0 Å². The molecule has 0 aromatic carbocycles. The largest absolute Gasteiger partial charge is 0.316 e. The second kappa shape index (κ2) is 3.69. The molecule has 0 spiro atoms. The number of hydrogen-bond donors (Lipinski definition) is 2. The van der Waals surface area contributed by atoms with Crippen LogP contribution in [0.25, 0.3) is 0 Å². The summed E-state index contributed by atoms with van der Waals surface area (Å²) < 4.78 is 0. The summed E-state index contributed by atoms with van der Waals surface area (Å²) in [4.78, 5) is 11.1. The number of nitrogens with one attached hydrogen (secondary N) is 2. The van der Waals surface area contributed by atoms with Crippen molar-refractivity contribution in [2.75, 3.05) is 27.2 Å². The van der Waals surface area contributed by atoms with Crippen LogP contribution in [0.3, 0.4) is 0 Å². The van der Waals surface area contributed by atoms with E-state index in [1.165, 1.54) is 0 Å². The Morgan fingerprint density at radius 1 is 1.64 bits per heavy atom. The van der Waals surface area contributed by atoms with Gasteiger partial charge in [-0.1, -0.05) is 0 Å². The van der Waals surface area contributed by atoms with E-state index in [1.54, 1.807) is 5.01 Å². The second-order valence-electron chi connectivity index (χ2n) is 3.16. The van der Waals surface area contributed by atoms with E-state index in [9.17, 15) is 4.79 Å². The van der Waals surface area contributed by atoms with Crippen molar-refractivity contribution in [3.63, 3.8) is 0 Å². The molecule has 2 N–H and O–H groups in total. The first-order valence-electron chi connectivity index (χ1n) is 3.86. The molecule has 1 saturated heterocycles. The van der Waals surface area contributed by atoms with Crippen molar-refractivity contribution in [1.29, 1.82) is 0 Å². The molecule has 1 rings (SSSR count). The molecule has 0 aromatic rings. The minimum absolute atomic E-state index is 0.113. The Kier molecular flexibility index (Phi) is 2.84. The number of hydrogen-bond acceptors (Lipinski definition) is 3. The quantitative estimate of drug-likeness (QED) is 0.527. The highest BCUT2D eigenvalue weighted by molar-refractivity contribution is 5.75. The fraction of sp³-hybridized carbons (Fsp3) is 0.857. The molecule has 0 aromatic heterocycles. The summed E-state index contributed by atoms with van der Waals surface area (Å²) in [5, 5.41) is 4.80. The van der Waals surface area contributed by atoms with Crippen molar-refractivity contribution in [2.45, 2.75) is 6.42 Å². The fourth-order valence-electron chi connectivity index (χ4n) is 1.05. The lowest BCUT2D eigenvalue weighted by Gasteiger charge is -2.26. The van der Waals surface area contributed by atoms with Crippen LogP contribution in [-0.4, -0.2) is 38.1 Å². The van der Waals surface area contributed by atoms with Gasteiger partial charge in [-0.2, -0.15) is 0 Å². The van der Waals surface area contributed by atoms with Gasteiger partial charge in [0.2, 0.25) is 5.91 Å². The lowest BCUT2D eigenvalue weighted by Crippen LogP contribution is -2.46. The van der Waals surface area contributed by atoms with Crippen LogP contribution in [0.15, 0.2) is 0 Å². The normalized spacial score (nSPS) is 18.1. The Morgan fingerprint density at radius 3 is 2.64 bits per heavy atom. The molecule has 0 bridgehead atoms. The van der Waals surface area contributed by atoms with Gasteiger partial charge in [0.1, 0.15) is 0 Å².